The second kappa shape index (κ2) is 6.58. The molecular weight excluding hydrogens is 140 g/mol. The lowest BCUT2D eigenvalue weighted by molar-refractivity contribution is 0.292. The first-order valence-electron chi connectivity index (χ1n) is 4.16. The third-order valence-electron chi connectivity index (χ3n) is 1.68. The molecule has 11 heavy (non-hydrogen) atoms. The predicted molar refractivity (Wildman–Crippen MR) is 47.6 cm³/mol. The van der Waals surface area contributed by atoms with Gasteiger partial charge in [0.15, 0.2) is 0 Å². The molecule has 1 saturated heterocycles. The van der Waals surface area contributed by atoms with E-state index in [1.165, 1.54) is 0 Å². The van der Waals surface area contributed by atoms with Crippen molar-refractivity contribution in [2.24, 2.45) is 5.73 Å². The van der Waals surface area contributed by atoms with Gasteiger partial charge in [0, 0.05) is 12.6 Å². The molecule has 68 valence electrons. The van der Waals surface area contributed by atoms with Crippen LogP contribution in [-0.2, 0) is 4.74 Å². The minimum atomic E-state index is 0.565. The van der Waals surface area contributed by atoms with Gasteiger partial charge < -0.3 is 15.4 Å². The SMILES string of the molecule is C1CO1.CCC(CN)N(C)C. The summed E-state index contributed by atoms with van der Waals surface area (Å²) in [6, 6.07) is 0.565. The Bertz CT molecular complexity index is 77.4. The average Bonchev–Trinajstić information content (AvgIpc) is 2.73. The molecule has 0 aromatic carbocycles. The molecule has 1 fully saturated rings. The van der Waals surface area contributed by atoms with Gasteiger partial charge in [0.2, 0.25) is 0 Å². The summed E-state index contributed by atoms with van der Waals surface area (Å²) in [7, 11) is 4.11. The molecule has 1 aliphatic rings. The monoisotopic (exact) mass is 160 g/mol. The molecule has 0 radical (unpaired) electrons. The van der Waals surface area contributed by atoms with Gasteiger partial charge in [-0.2, -0.15) is 0 Å². The van der Waals surface area contributed by atoms with E-state index in [1.54, 1.807) is 0 Å². The lowest BCUT2D eigenvalue weighted by Crippen LogP contribution is -2.34. The summed E-state index contributed by atoms with van der Waals surface area (Å²) in [4.78, 5) is 2.15. The Morgan fingerprint density at radius 3 is 1.91 bits per heavy atom. The quantitative estimate of drug-likeness (QED) is 0.604. The van der Waals surface area contributed by atoms with Crippen LogP contribution in [0.1, 0.15) is 13.3 Å². The van der Waals surface area contributed by atoms with Crippen LogP contribution in [0.15, 0.2) is 0 Å². The molecule has 0 amide bonds. The number of rotatable bonds is 3. The first kappa shape index (κ1) is 10.9. The van der Waals surface area contributed by atoms with Crippen molar-refractivity contribution >= 4 is 0 Å². The fourth-order valence-electron chi connectivity index (χ4n) is 0.743. The van der Waals surface area contributed by atoms with Gasteiger partial charge in [-0.3, -0.25) is 0 Å². The summed E-state index contributed by atoms with van der Waals surface area (Å²) in [5.74, 6) is 0. The van der Waals surface area contributed by atoms with Crippen molar-refractivity contribution in [3.05, 3.63) is 0 Å². The van der Waals surface area contributed by atoms with Crippen LogP contribution in [-0.4, -0.2) is 44.8 Å². The van der Waals surface area contributed by atoms with E-state index in [0.717, 1.165) is 26.2 Å². The highest BCUT2D eigenvalue weighted by Crippen LogP contribution is 1.93. The van der Waals surface area contributed by atoms with Gasteiger partial charge >= 0.3 is 0 Å². The molecule has 1 unspecified atom stereocenters. The third kappa shape index (κ3) is 7.78. The Balaban J connectivity index is 0.000000271. The fraction of sp³-hybridized carbons (Fsp3) is 1.00. The normalized spacial score (nSPS) is 17.2. The Kier molecular flexibility index (Phi) is 6.51. The molecule has 0 aromatic rings. The van der Waals surface area contributed by atoms with Crippen LogP contribution in [0.3, 0.4) is 0 Å². The Morgan fingerprint density at radius 1 is 1.45 bits per heavy atom. The van der Waals surface area contributed by atoms with Crippen molar-refractivity contribution in [2.75, 3.05) is 33.9 Å². The lowest BCUT2D eigenvalue weighted by Gasteiger charge is -2.20. The van der Waals surface area contributed by atoms with Gasteiger partial charge in [0.25, 0.3) is 0 Å². The van der Waals surface area contributed by atoms with Crippen LogP contribution in [0.25, 0.3) is 0 Å². The smallest absolute Gasteiger partial charge is 0.0701 e. The van der Waals surface area contributed by atoms with Crippen LogP contribution < -0.4 is 5.73 Å². The van der Waals surface area contributed by atoms with Gasteiger partial charge in [0.05, 0.1) is 13.2 Å². The first-order chi connectivity index (χ1) is 5.22. The highest BCUT2D eigenvalue weighted by atomic mass is 16.6. The maximum Gasteiger partial charge on any atom is 0.0701 e. The minimum absolute atomic E-state index is 0.565. The van der Waals surface area contributed by atoms with Crippen LogP contribution in [0, 0.1) is 0 Å². The standard InChI is InChI=1S/C6H16N2.C2H4O/c1-4-6(5-7)8(2)3;1-2-3-1/h6H,4-5,7H2,1-3H3;1-2H2. The van der Waals surface area contributed by atoms with Crippen molar-refractivity contribution in [2.45, 2.75) is 19.4 Å². The van der Waals surface area contributed by atoms with Crippen LogP contribution in [0.4, 0.5) is 0 Å². The number of ether oxygens (including phenoxy) is 1. The van der Waals surface area contributed by atoms with Crippen molar-refractivity contribution in [1.82, 2.24) is 4.90 Å². The van der Waals surface area contributed by atoms with Crippen LogP contribution in [0.5, 0.6) is 0 Å². The van der Waals surface area contributed by atoms with E-state index in [4.69, 9.17) is 5.73 Å². The summed E-state index contributed by atoms with van der Waals surface area (Å²) in [6.45, 7) is 4.92. The zero-order valence-electron chi connectivity index (χ0n) is 7.84. The molecule has 1 rings (SSSR count). The molecule has 0 bridgehead atoms. The van der Waals surface area contributed by atoms with Crippen molar-refractivity contribution in [3.63, 3.8) is 0 Å². The molecular formula is C8H20N2O. The molecule has 1 atom stereocenters. The Labute approximate surface area is 69.5 Å². The van der Waals surface area contributed by atoms with E-state index in [9.17, 15) is 0 Å². The number of epoxide rings is 1. The number of hydrogen-bond acceptors (Lipinski definition) is 3. The second-order valence-corrected chi connectivity index (χ2v) is 2.87. The maximum absolute atomic E-state index is 5.44. The van der Waals surface area contributed by atoms with Crippen molar-refractivity contribution in [1.29, 1.82) is 0 Å². The van der Waals surface area contributed by atoms with E-state index in [-0.39, 0.29) is 0 Å². The maximum atomic E-state index is 5.44. The summed E-state index contributed by atoms with van der Waals surface area (Å²) >= 11 is 0. The molecule has 2 N–H and O–H groups in total. The molecule has 0 aliphatic carbocycles. The molecule has 1 heterocycles. The van der Waals surface area contributed by atoms with Crippen LogP contribution >= 0.6 is 0 Å². The topological polar surface area (TPSA) is 41.8 Å². The van der Waals surface area contributed by atoms with E-state index in [2.05, 4.69) is 30.7 Å². The van der Waals surface area contributed by atoms with Crippen molar-refractivity contribution in [3.8, 4) is 0 Å². The van der Waals surface area contributed by atoms with E-state index in [1.807, 2.05) is 0 Å². The van der Waals surface area contributed by atoms with E-state index < -0.39 is 0 Å². The molecule has 0 spiro atoms. The number of nitrogens with two attached hydrogens (primary N) is 1. The summed E-state index contributed by atoms with van der Waals surface area (Å²) in [5.41, 5.74) is 5.44. The number of likely N-dealkylation sites (N-methyl/N-ethyl adjacent to an activating group) is 1. The molecule has 3 nitrogen and oxygen atoms in total. The Hall–Kier alpha value is -0.120. The number of nitrogens with zero attached hydrogens (tertiary/aromatic N) is 1. The third-order valence-corrected chi connectivity index (χ3v) is 1.68. The van der Waals surface area contributed by atoms with Gasteiger partial charge in [-0.25, -0.2) is 0 Å². The average molecular weight is 160 g/mol. The summed E-state index contributed by atoms with van der Waals surface area (Å²) in [5, 5.41) is 0. The van der Waals surface area contributed by atoms with Gasteiger partial charge in [-0.1, -0.05) is 6.92 Å². The first-order valence-corrected chi connectivity index (χ1v) is 4.16. The van der Waals surface area contributed by atoms with Crippen LogP contribution in [0.2, 0.25) is 0 Å². The molecule has 0 saturated carbocycles. The largest absolute Gasteiger partial charge is 0.377 e. The van der Waals surface area contributed by atoms with Gasteiger partial charge in [-0.15, -0.1) is 0 Å². The molecule has 3 heteroatoms. The van der Waals surface area contributed by atoms with Gasteiger partial charge in [-0.05, 0) is 20.5 Å². The molecule has 1 aliphatic heterocycles. The highest BCUT2D eigenvalue weighted by molar-refractivity contribution is 4.62. The fourth-order valence-corrected chi connectivity index (χ4v) is 0.743. The van der Waals surface area contributed by atoms with Gasteiger partial charge in [0.1, 0.15) is 0 Å². The van der Waals surface area contributed by atoms with E-state index >= 15 is 0 Å². The van der Waals surface area contributed by atoms with Crippen molar-refractivity contribution < 1.29 is 4.74 Å². The predicted octanol–water partition coefficient (Wildman–Crippen LogP) is 0.302. The zero-order chi connectivity index (χ0) is 8.69. The summed E-state index contributed by atoms with van der Waals surface area (Å²) < 4.78 is 4.50. The summed E-state index contributed by atoms with van der Waals surface area (Å²) in [6.07, 6.45) is 1.14. The lowest BCUT2D eigenvalue weighted by atomic mass is 10.2. The second-order valence-electron chi connectivity index (χ2n) is 2.87. The van der Waals surface area contributed by atoms with E-state index in [0.29, 0.717) is 6.04 Å². The Morgan fingerprint density at radius 2 is 1.91 bits per heavy atom. The number of hydrogen-bond donors (Lipinski definition) is 1. The molecule has 0 aromatic heterocycles. The zero-order valence-corrected chi connectivity index (χ0v) is 7.84. The highest BCUT2D eigenvalue weighted by Gasteiger charge is 2.03. The minimum Gasteiger partial charge on any atom is -0.377 e.